The predicted octanol–water partition coefficient (Wildman–Crippen LogP) is 5.22. The van der Waals surface area contributed by atoms with Gasteiger partial charge in [0.05, 0.1) is 11.3 Å². The van der Waals surface area contributed by atoms with Crippen molar-refractivity contribution in [3.8, 4) is 5.75 Å². The van der Waals surface area contributed by atoms with Crippen LogP contribution >= 0.6 is 0 Å². The number of carbonyl (C=O) groups is 2. The molecule has 0 aliphatic rings. The fraction of sp³-hybridized carbons (Fsp3) is 0.130. The van der Waals surface area contributed by atoms with E-state index in [2.05, 4.69) is 15.5 Å². The molecule has 2 N–H and O–H groups in total. The number of nitrogens with zero attached hydrogens (tertiary/aromatic N) is 2. The van der Waals surface area contributed by atoms with Crippen molar-refractivity contribution >= 4 is 28.9 Å². The van der Waals surface area contributed by atoms with Crippen LogP contribution in [0.25, 0.3) is 0 Å². The second-order valence-corrected chi connectivity index (χ2v) is 6.61. The number of aromatic hydroxyl groups is 1. The Hall–Kier alpha value is -4.00. The molecule has 0 fully saturated rings. The summed E-state index contributed by atoms with van der Waals surface area (Å²) in [4.78, 5) is 24.6. The van der Waals surface area contributed by atoms with E-state index in [0.29, 0.717) is 17.1 Å². The van der Waals surface area contributed by atoms with Gasteiger partial charge in [-0.3, -0.25) is 4.79 Å². The Morgan fingerprint density at radius 2 is 1.67 bits per heavy atom. The van der Waals surface area contributed by atoms with Crippen LogP contribution in [0.3, 0.4) is 0 Å². The fourth-order valence-corrected chi connectivity index (χ4v) is 2.65. The van der Waals surface area contributed by atoms with Gasteiger partial charge in [0.2, 0.25) is 0 Å². The Labute approximate surface area is 174 Å². The molecule has 0 bridgehead atoms. The number of esters is 1. The first-order chi connectivity index (χ1) is 14.4. The lowest BCUT2D eigenvalue weighted by molar-refractivity contribution is -0.119. The molecular formula is C23H21N3O4. The number of ether oxygens (including phenoxy) is 1. The monoisotopic (exact) mass is 403 g/mol. The third-order valence-electron chi connectivity index (χ3n) is 4.46. The van der Waals surface area contributed by atoms with E-state index in [1.165, 1.54) is 12.1 Å². The van der Waals surface area contributed by atoms with Gasteiger partial charge in [0.1, 0.15) is 11.4 Å². The number of benzene rings is 3. The molecule has 152 valence electrons. The van der Waals surface area contributed by atoms with Crippen molar-refractivity contribution in [2.24, 2.45) is 10.2 Å². The number of aryl methyl sites for hydroxylation is 1. The maximum atomic E-state index is 12.5. The minimum atomic E-state index is -0.675. The number of phenols is 1. The standard InChI is InChI=1S/C23H21N3O4/c1-15-6-5-9-20(16(15)2)24-22(28)14-30-23(29)19-7-3-4-8-21(19)26-25-17-10-12-18(27)13-11-17/h3-13,27H,14H2,1-2H3,(H,24,28). The number of hydrogen-bond donors (Lipinski definition) is 2. The maximum absolute atomic E-state index is 12.5. The van der Waals surface area contributed by atoms with Crippen molar-refractivity contribution in [2.75, 3.05) is 11.9 Å². The first kappa shape index (κ1) is 20.7. The zero-order chi connectivity index (χ0) is 21.5. The van der Waals surface area contributed by atoms with Crippen LogP contribution in [-0.4, -0.2) is 23.6 Å². The van der Waals surface area contributed by atoms with Crippen LogP contribution in [0.5, 0.6) is 5.75 Å². The van der Waals surface area contributed by atoms with Crippen molar-refractivity contribution in [3.63, 3.8) is 0 Å². The average molecular weight is 403 g/mol. The van der Waals surface area contributed by atoms with Gasteiger partial charge in [-0.25, -0.2) is 4.79 Å². The van der Waals surface area contributed by atoms with E-state index in [4.69, 9.17) is 4.74 Å². The largest absolute Gasteiger partial charge is 0.508 e. The Balaban J connectivity index is 1.65. The van der Waals surface area contributed by atoms with Gasteiger partial charge in [0.25, 0.3) is 5.91 Å². The average Bonchev–Trinajstić information content (AvgIpc) is 2.75. The van der Waals surface area contributed by atoms with Crippen molar-refractivity contribution in [2.45, 2.75) is 13.8 Å². The lowest BCUT2D eigenvalue weighted by Gasteiger charge is -2.11. The molecule has 0 unspecified atom stereocenters. The molecule has 0 atom stereocenters. The van der Waals surface area contributed by atoms with Gasteiger partial charge >= 0.3 is 5.97 Å². The highest BCUT2D eigenvalue weighted by atomic mass is 16.5. The summed E-state index contributed by atoms with van der Waals surface area (Å²) in [6.45, 7) is 3.44. The summed E-state index contributed by atoms with van der Waals surface area (Å²) in [6, 6.07) is 18.3. The van der Waals surface area contributed by atoms with Crippen LogP contribution in [0.4, 0.5) is 17.1 Å². The van der Waals surface area contributed by atoms with E-state index in [0.717, 1.165) is 11.1 Å². The van der Waals surface area contributed by atoms with Crippen molar-refractivity contribution in [1.82, 2.24) is 0 Å². The number of rotatable bonds is 6. The molecule has 1 amide bonds. The van der Waals surface area contributed by atoms with Crippen LogP contribution in [0.2, 0.25) is 0 Å². The number of nitrogens with one attached hydrogen (secondary N) is 1. The Morgan fingerprint density at radius 3 is 2.43 bits per heavy atom. The first-order valence-electron chi connectivity index (χ1n) is 9.27. The van der Waals surface area contributed by atoms with Gasteiger partial charge in [-0.1, -0.05) is 24.3 Å². The topological polar surface area (TPSA) is 100 Å². The molecular weight excluding hydrogens is 382 g/mol. The van der Waals surface area contributed by atoms with Crippen molar-refractivity contribution < 1.29 is 19.4 Å². The van der Waals surface area contributed by atoms with E-state index in [1.807, 2.05) is 26.0 Å². The normalized spacial score (nSPS) is 10.7. The molecule has 0 aliphatic carbocycles. The molecule has 0 aromatic heterocycles. The fourth-order valence-electron chi connectivity index (χ4n) is 2.65. The number of hydrogen-bond acceptors (Lipinski definition) is 6. The molecule has 3 rings (SSSR count). The molecule has 3 aromatic rings. The number of phenolic OH excluding ortho intramolecular Hbond substituents is 1. The second-order valence-electron chi connectivity index (χ2n) is 6.61. The van der Waals surface area contributed by atoms with E-state index in [1.54, 1.807) is 42.5 Å². The highest BCUT2D eigenvalue weighted by Gasteiger charge is 2.15. The van der Waals surface area contributed by atoms with Gasteiger partial charge < -0.3 is 15.2 Å². The predicted molar refractivity (Wildman–Crippen MR) is 114 cm³/mol. The van der Waals surface area contributed by atoms with Gasteiger partial charge in [-0.2, -0.15) is 5.11 Å². The van der Waals surface area contributed by atoms with Gasteiger partial charge in [0, 0.05) is 5.69 Å². The lowest BCUT2D eigenvalue weighted by Crippen LogP contribution is -2.21. The quantitative estimate of drug-likeness (QED) is 0.435. The van der Waals surface area contributed by atoms with Crippen LogP contribution in [0.15, 0.2) is 77.0 Å². The summed E-state index contributed by atoms with van der Waals surface area (Å²) in [5.41, 5.74) is 3.71. The number of carbonyl (C=O) groups excluding carboxylic acids is 2. The van der Waals surface area contributed by atoms with Crippen LogP contribution in [-0.2, 0) is 9.53 Å². The van der Waals surface area contributed by atoms with Crippen LogP contribution in [0, 0.1) is 13.8 Å². The molecule has 0 heterocycles. The van der Waals surface area contributed by atoms with Crippen molar-refractivity contribution in [3.05, 3.63) is 83.4 Å². The number of azo groups is 1. The SMILES string of the molecule is Cc1cccc(NC(=O)COC(=O)c2ccccc2N=Nc2ccc(O)cc2)c1C. The summed E-state index contributed by atoms with van der Waals surface area (Å²) in [5, 5.41) is 20.2. The Kier molecular flexibility index (Phi) is 6.54. The zero-order valence-electron chi connectivity index (χ0n) is 16.6. The minimum absolute atomic E-state index is 0.122. The zero-order valence-corrected chi connectivity index (χ0v) is 16.6. The molecule has 0 saturated heterocycles. The molecule has 0 spiro atoms. The van der Waals surface area contributed by atoms with E-state index < -0.39 is 18.5 Å². The smallest absolute Gasteiger partial charge is 0.340 e. The second kappa shape index (κ2) is 9.47. The van der Waals surface area contributed by atoms with Crippen molar-refractivity contribution in [1.29, 1.82) is 0 Å². The minimum Gasteiger partial charge on any atom is -0.508 e. The van der Waals surface area contributed by atoms with Gasteiger partial charge in [0.15, 0.2) is 6.61 Å². The van der Waals surface area contributed by atoms with E-state index >= 15 is 0 Å². The molecule has 30 heavy (non-hydrogen) atoms. The molecule has 0 aliphatic heterocycles. The summed E-state index contributed by atoms with van der Waals surface area (Å²) in [7, 11) is 0. The molecule has 7 heteroatoms. The Morgan fingerprint density at radius 1 is 0.933 bits per heavy atom. The number of anilines is 1. The third-order valence-corrected chi connectivity index (χ3v) is 4.46. The Bertz CT molecular complexity index is 1090. The molecule has 3 aromatic carbocycles. The summed E-state index contributed by atoms with van der Waals surface area (Å²) >= 11 is 0. The van der Waals surface area contributed by atoms with Gasteiger partial charge in [-0.15, -0.1) is 5.11 Å². The highest BCUT2D eigenvalue weighted by molar-refractivity contribution is 5.98. The van der Waals surface area contributed by atoms with E-state index in [-0.39, 0.29) is 11.3 Å². The van der Waals surface area contributed by atoms with Crippen LogP contribution < -0.4 is 5.32 Å². The summed E-state index contributed by atoms with van der Waals surface area (Å²) in [5.74, 6) is -0.983. The van der Waals surface area contributed by atoms with Crippen LogP contribution in [0.1, 0.15) is 21.5 Å². The first-order valence-corrected chi connectivity index (χ1v) is 9.27. The third kappa shape index (κ3) is 5.29. The molecule has 0 radical (unpaired) electrons. The highest BCUT2D eigenvalue weighted by Crippen LogP contribution is 2.24. The van der Waals surface area contributed by atoms with E-state index in [9.17, 15) is 14.7 Å². The summed E-state index contributed by atoms with van der Waals surface area (Å²) < 4.78 is 5.15. The summed E-state index contributed by atoms with van der Waals surface area (Å²) in [6.07, 6.45) is 0. The molecule has 0 saturated carbocycles. The number of amides is 1. The maximum Gasteiger partial charge on any atom is 0.340 e. The van der Waals surface area contributed by atoms with Gasteiger partial charge in [-0.05, 0) is 67.4 Å². The molecule has 7 nitrogen and oxygen atoms in total. The lowest BCUT2D eigenvalue weighted by atomic mass is 10.1.